The van der Waals surface area contributed by atoms with Gasteiger partial charge < -0.3 is 9.47 Å². The maximum Gasteiger partial charge on any atom is 0.268 e. The summed E-state index contributed by atoms with van der Waals surface area (Å²) < 4.78 is 10.2. The number of nitrogens with zero attached hydrogens (tertiary/aromatic N) is 3. The molecule has 116 valence electrons. The topological polar surface area (TPSA) is 86.2 Å². The van der Waals surface area contributed by atoms with Gasteiger partial charge in [-0.1, -0.05) is 6.42 Å². The summed E-state index contributed by atoms with van der Waals surface area (Å²) in [5.41, 5.74) is 1.21. The second-order valence-corrected chi connectivity index (χ2v) is 5.78. The molecule has 2 aromatic heterocycles. The lowest BCUT2D eigenvalue weighted by atomic mass is 9.83. The van der Waals surface area contributed by atoms with E-state index in [1.807, 2.05) is 5.38 Å². The van der Waals surface area contributed by atoms with Crippen molar-refractivity contribution in [1.29, 1.82) is 0 Å². The minimum absolute atomic E-state index is 0.160. The Morgan fingerprint density at radius 3 is 2.50 bits per heavy atom. The van der Waals surface area contributed by atoms with Crippen LogP contribution in [0.4, 0.5) is 5.13 Å². The minimum Gasteiger partial charge on any atom is -0.480 e. The molecule has 1 aliphatic carbocycles. The van der Waals surface area contributed by atoms with E-state index in [2.05, 4.69) is 20.3 Å². The first-order chi connectivity index (χ1) is 10.7. The van der Waals surface area contributed by atoms with Crippen molar-refractivity contribution in [2.75, 3.05) is 19.5 Å². The van der Waals surface area contributed by atoms with Crippen molar-refractivity contribution in [1.82, 2.24) is 15.0 Å². The molecule has 0 bridgehead atoms. The van der Waals surface area contributed by atoms with Gasteiger partial charge in [-0.2, -0.15) is 0 Å². The van der Waals surface area contributed by atoms with E-state index < -0.39 is 5.91 Å². The number of hydrogen-bond donors (Lipinski definition) is 1. The van der Waals surface area contributed by atoms with Crippen LogP contribution in [0.5, 0.6) is 11.8 Å². The SMILES string of the molecule is COc1ncnc(OC)c1C(=O)Nc1nc(C2CCC2)cs1. The Morgan fingerprint density at radius 2 is 1.95 bits per heavy atom. The lowest BCUT2D eigenvalue weighted by Gasteiger charge is -2.22. The van der Waals surface area contributed by atoms with Crippen LogP contribution in [0.2, 0.25) is 0 Å². The molecule has 1 fully saturated rings. The molecule has 22 heavy (non-hydrogen) atoms. The van der Waals surface area contributed by atoms with E-state index in [0.29, 0.717) is 11.0 Å². The van der Waals surface area contributed by atoms with Gasteiger partial charge in [0.15, 0.2) is 10.7 Å². The molecule has 0 aromatic carbocycles. The molecule has 0 atom stereocenters. The predicted octanol–water partition coefficient (Wildman–Crippen LogP) is 2.47. The van der Waals surface area contributed by atoms with Crippen LogP contribution >= 0.6 is 11.3 Å². The molecule has 2 aromatic rings. The molecule has 1 amide bonds. The van der Waals surface area contributed by atoms with E-state index in [4.69, 9.17) is 9.47 Å². The molecule has 0 spiro atoms. The highest BCUT2D eigenvalue weighted by Gasteiger charge is 2.24. The van der Waals surface area contributed by atoms with E-state index in [9.17, 15) is 4.79 Å². The average molecular weight is 320 g/mol. The third kappa shape index (κ3) is 2.74. The van der Waals surface area contributed by atoms with Gasteiger partial charge in [0.1, 0.15) is 6.33 Å². The highest BCUT2D eigenvalue weighted by atomic mass is 32.1. The molecule has 0 unspecified atom stereocenters. The van der Waals surface area contributed by atoms with Crippen LogP contribution in [0.3, 0.4) is 0 Å². The highest BCUT2D eigenvalue weighted by molar-refractivity contribution is 7.14. The maximum absolute atomic E-state index is 12.5. The highest BCUT2D eigenvalue weighted by Crippen LogP contribution is 2.37. The van der Waals surface area contributed by atoms with Crippen molar-refractivity contribution < 1.29 is 14.3 Å². The summed E-state index contributed by atoms with van der Waals surface area (Å²) in [5, 5.41) is 5.31. The van der Waals surface area contributed by atoms with Crippen molar-refractivity contribution in [2.45, 2.75) is 25.2 Å². The Balaban J connectivity index is 1.80. The summed E-state index contributed by atoms with van der Waals surface area (Å²) in [7, 11) is 2.88. The molecule has 1 aliphatic rings. The first-order valence-electron chi connectivity index (χ1n) is 6.92. The van der Waals surface area contributed by atoms with E-state index in [-0.39, 0.29) is 17.3 Å². The van der Waals surface area contributed by atoms with Gasteiger partial charge in [0.2, 0.25) is 11.8 Å². The number of amides is 1. The second-order valence-electron chi connectivity index (χ2n) is 4.93. The van der Waals surface area contributed by atoms with Crippen molar-refractivity contribution in [3.05, 3.63) is 23.0 Å². The summed E-state index contributed by atoms with van der Waals surface area (Å²) in [5.74, 6) is 0.468. The number of carbonyl (C=O) groups is 1. The Kier molecular flexibility index (Phi) is 4.19. The number of thiazole rings is 1. The Morgan fingerprint density at radius 1 is 1.27 bits per heavy atom. The van der Waals surface area contributed by atoms with E-state index >= 15 is 0 Å². The largest absolute Gasteiger partial charge is 0.480 e. The van der Waals surface area contributed by atoms with Crippen molar-refractivity contribution >= 4 is 22.4 Å². The maximum atomic E-state index is 12.5. The molecule has 1 saturated carbocycles. The van der Waals surface area contributed by atoms with E-state index in [0.717, 1.165) is 5.69 Å². The number of nitrogens with one attached hydrogen (secondary N) is 1. The zero-order valence-electron chi connectivity index (χ0n) is 12.3. The Hall–Kier alpha value is -2.22. The number of carbonyl (C=O) groups excluding carboxylic acids is 1. The van der Waals surface area contributed by atoms with Gasteiger partial charge >= 0.3 is 0 Å². The normalized spacial score (nSPS) is 14.3. The van der Waals surface area contributed by atoms with Crippen LogP contribution in [0.25, 0.3) is 0 Å². The van der Waals surface area contributed by atoms with Gasteiger partial charge in [-0.25, -0.2) is 15.0 Å². The van der Waals surface area contributed by atoms with E-state index in [1.165, 1.54) is 51.1 Å². The molecular weight excluding hydrogens is 304 g/mol. The second kappa shape index (κ2) is 6.27. The molecular formula is C14H16N4O3S. The number of anilines is 1. The monoisotopic (exact) mass is 320 g/mol. The third-order valence-electron chi connectivity index (χ3n) is 3.66. The summed E-state index contributed by atoms with van der Waals surface area (Å²) in [4.78, 5) is 24.8. The molecule has 0 aliphatic heterocycles. The van der Waals surface area contributed by atoms with Crippen molar-refractivity contribution in [3.8, 4) is 11.8 Å². The number of aromatic nitrogens is 3. The molecule has 7 nitrogen and oxygen atoms in total. The van der Waals surface area contributed by atoms with Crippen LogP contribution < -0.4 is 14.8 Å². The van der Waals surface area contributed by atoms with Gasteiger partial charge in [0.05, 0.1) is 19.9 Å². The van der Waals surface area contributed by atoms with Crippen LogP contribution in [0.1, 0.15) is 41.2 Å². The summed E-state index contributed by atoms with van der Waals surface area (Å²) >= 11 is 1.41. The number of ether oxygens (including phenoxy) is 2. The van der Waals surface area contributed by atoms with Crippen molar-refractivity contribution in [3.63, 3.8) is 0 Å². The quantitative estimate of drug-likeness (QED) is 0.911. The van der Waals surface area contributed by atoms with E-state index in [1.54, 1.807) is 0 Å². The van der Waals surface area contributed by atoms with Gasteiger partial charge in [-0.3, -0.25) is 10.1 Å². The first-order valence-corrected chi connectivity index (χ1v) is 7.80. The van der Waals surface area contributed by atoms with Gasteiger partial charge in [-0.05, 0) is 12.8 Å². The Bertz CT molecular complexity index is 662. The molecule has 1 N–H and O–H groups in total. The summed E-state index contributed by atoms with van der Waals surface area (Å²) in [6.07, 6.45) is 4.88. The zero-order chi connectivity index (χ0) is 15.5. The van der Waals surface area contributed by atoms with Gasteiger partial charge in [-0.15, -0.1) is 11.3 Å². The molecule has 3 rings (SSSR count). The average Bonchev–Trinajstić information content (AvgIpc) is 2.92. The molecule has 0 saturated heterocycles. The predicted molar refractivity (Wildman–Crippen MR) is 81.8 cm³/mol. The zero-order valence-corrected chi connectivity index (χ0v) is 13.1. The van der Waals surface area contributed by atoms with Gasteiger partial charge in [0.25, 0.3) is 5.91 Å². The van der Waals surface area contributed by atoms with Crippen LogP contribution in [0, 0.1) is 0 Å². The smallest absolute Gasteiger partial charge is 0.268 e. The fourth-order valence-corrected chi connectivity index (χ4v) is 3.04. The third-order valence-corrected chi connectivity index (χ3v) is 4.43. The van der Waals surface area contributed by atoms with Crippen LogP contribution in [0.15, 0.2) is 11.7 Å². The molecule has 2 heterocycles. The standard InChI is InChI=1S/C14H16N4O3S/c1-20-12-10(13(21-2)16-7-15-12)11(19)18-14-17-9(6-22-14)8-4-3-5-8/h6-8H,3-5H2,1-2H3,(H,17,18,19). The number of rotatable bonds is 5. The minimum atomic E-state index is -0.399. The fraction of sp³-hybridized carbons (Fsp3) is 0.429. The number of methoxy groups -OCH3 is 2. The Labute approximate surface area is 131 Å². The lowest BCUT2D eigenvalue weighted by Crippen LogP contribution is -2.16. The van der Waals surface area contributed by atoms with Crippen molar-refractivity contribution in [2.24, 2.45) is 0 Å². The first kappa shape index (κ1) is 14.7. The van der Waals surface area contributed by atoms with Crippen LogP contribution in [-0.2, 0) is 0 Å². The molecule has 8 heteroatoms. The lowest BCUT2D eigenvalue weighted by molar-refractivity contribution is 0.101. The fourth-order valence-electron chi connectivity index (χ4n) is 2.25. The number of hydrogen-bond acceptors (Lipinski definition) is 7. The molecule has 0 radical (unpaired) electrons. The van der Waals surface area contributed by atoms with Gasteiger partial charge in [0, 0.05) is 11.3 Å². The summed E-state index contributed by atoms with van der Waals surface area (Å²) in [6.45, 7) is 0. The summed E-state index contributed by atoms with van der Waals surface area (Å²) in [6, 6.07) is 0. The van der Waals surface area contributed by atoms with Crippen LogP contribution in [-0.4, -0.2) is 35.1 Å².